The van der Waals surface area contributed by atoms with E-state index < -0.39 is 0 Å². The van der Waals surface area contributed by atoms with E-state index in [-0.39, 0.29) is 5.72 Å². The van der Waals surface area contributed by atoms with Crippen molar-refractivity contribution in [2.75, 3.05) is 20.2 Å². The third-order valence-electron chi connectivity index (χ3n) is 4.51. The van der Waals surface area contributed by atoms with Crippen LogP contribution < -0.4 is 0 Å². The summed E-state index contributed by atoms with van der Waals surface area (Å²) in [6.07, 6.45) is 2.50. The molecule has 2 nitrogen and oxygen atoms in total. The maximum absolute atomic E-state index is 6.16. The summed E-state index contributed by atoms with van der Waals surface area (Å²) in [5.41, 5.74) is 0.0532. The first-order valence-electron chi connectivity index (χ1n) is 5.94. The SMILES string of the molecule is C[C@H]1C[C@H](C)[C@@]2(OCCCN2C)[C@H]1C. The molecule has 14 heavy (non-hydrogen) atoms. The van der Waals surface area contributed by atoms with Crippen LogP contribution in [0.15, 0.2) is 0 Å². The smallest absolute Gasteiger partial charge is 0.126 e. The molecule has 4 atom stereocenters. The average molecular weight is 197 g/mol. The van der Waals surface area contributed by atoms with Crippen LogP contribution in [-0.4, -0.2) is 30.8 Å². The maximum Gasteiger partial charge on any atom is 0.126 e. The molecule has 2 aliphatic rings. The monoisotopic (exact) mass is 197 g/mol. The lowest BCUT2D eigenvalue weighted by Crippen LogP contribution is -2.58. The fourth-order valence-electron chi connectivity index (χ4n) is 3.61. The molecule has 0 amide bonds. The van der Waals surface area contributed by atoms with Crippen LogP contribution in [0.3, 0.4) is 0 Å². The summed E-state index contributed by atoms with van der Waals surface area (Å²) in [5.74, 6) is 2.14. The zero-order valence-corrected chi connectivity index (χ0v) is 9.92. The molecular formula is C12H23NO. The first kappa shape index (κ1) is 10.4. The average Bonchev–Trinajstić information content (AvgIpc) is 2.36. The zero-order chi connectivity index (χ0) is 10.3. The topological polar surface area (TPSA) is 12.5 Å². The number of hydrogen-bond donors (Lipinski definition) is 0. The van der Waals surface area contributed by atoms with Crippen LogP contribution in [0.25, 0.3) is 0 Å². The Morgan fingerprint density at radius 1 is 1.29 bits per heavy atom. The van der Waals surface area contributed by atoms with E-state index in [1.165, 1.54) is 19.4 Å². The minimum absolute atomic E-state index is 0.0532. The van der Waals surface area contributed by atoms with Crippen molar-refractivity contribution in [3.8, 4) is 0 Å². The summed E-state index contributed by atoms with van der Waals surface area (Å²) in [6, 6.07) is 0. The van der Waals surface area contributed by atoms with Gasteiger partial charge in [-0.2, -0.15) is 0 Å². The van der Waals surface area contributed by atoms with E-state index >= 15 is 0 Å². The number of hydrogen-bond acceptors (Lipinski definition) is 2. The Hall–Kier alpha value is -0.0800. The van der Waals surface area contributed by atoms with Crippen molar-refractivity contribution in [2.45, 2.75) is 39.3 Å². The van der Waals surface area contributed by atoms with Crippen molar-refractivity contribution in [3.05, 3.63) is 0 Å². The van der Waals surface area contributed by atoms with Gasteiger partial charge in [0.25, 0.3) is 0 Å². The summed E-state index contributed by atoms with van der Waals surface area (Å²) < 4.78 is 6.16. The maximum atomic E-state index is 6.16. The quantitative estimate of drug-likeness (QED) is 0.591. The van der Waals surface area contributed by atoms with Gasteiger partial charge in [-0.25, -0.2) is 0 Å². The molecule has 2 heteroatoms. The predicted molar refractivity (Wildman–Crippen MR) is 58.0 cm³/mol. The highest BCUT2D eigenvalue weighted by Gasteiger charge is 2.54. The standard InChI is InChI=1S/C12H23NO/c1-9-8-10(2)12(11(9)3)13(4)6-5-7-14-12/h9-11H,5-8H2,1-4H3/t9-,10-,11-,12+/m0/s1. The van der Waals surface area contributed by atoms with Gasteiger partial charge in [0.05, 0.1) is 6.61 Å². The molecule has 0 bridgehead atoms. The molecule has 82 valence electrons. The largest absolute Gasteiger partial charge is 0.360 e. The van der Waals surface area contributed by atoms with Crippen LogP contribution in [0, 0.1) is 17.8 Å². The molecule has 1 aliphatic carbocycles. The van der Waals surface area contributed by atoms with Crippen molar-refractivity contribution in [1.82, 2.24) is 4.90 Å². The van der Waals surface area contributed by atoms with Gasteiger partial charge in [-0.3, -0.25) is 4.90 Å². The van der Waals surface area contributed by atoms with Gasteiger partial charge in [0.2, 0.25) is 0 Å². The molecule has 0 aromatic carbocycles. The van der Waals surface area contributed by atoms with E-state index in [9.17, 15) is 0 Å². The van der Waals surface area contributed by atoms with E-state index in [2.05, 4.69) is 32.7 Å². The molecule has 2 fully saturated rings. The van der Waals surface area contributed by atoms with Gasteiger partial charge in [-0.15, -0.1) is 0 Å². The van der Waals surface area contributed by atoms with Crippen molar-refractivity contribution in [3.63, 3.8) is 0 Å². The Morgan fingerprint density at radius 2 is 2.00 bits per heavy atom. The lowest BCUT2D eigenvalue weighted by Gasteiger charge is -2.48. The molecule has 1 heterocycles. The first-order chi connectivity index (χ1) is 6.59. The van der Waals surface area contributed by atoms with Crippen molar-refractivity contribution < 1.29 is 4.74 Å². The summed E-state index contributed by atoms with van der Waals surface area (Å²) >= 11 is 0. The third-order valence-corrected chi connectivity index (χ3v) is 4.51. The van der Waals surface area contributed by atoms with E-state index in [4.69, 9.17) is 4.74 Å². The van der Waals surface area contributed by atoms with Crippen molar-refractivity contribution in [2.24, 2.45) is 17.8 Å². The Bertz CT molecular complexity index is 212. The normalized spacial score (nSPS) is 50.1. The van der Waals surface area contributed by atoms with Crippen LogP contribution in [0.4, 0.5) is 0 Å². The van der Waals surface area contributed by atoms with Crippen LogP contribution in [0.1, 0.15) is 33.6 Å². The molecule has 1 aliphatic heterocycles. The fourth-order valence-corrected chi connectivity index (χ4v) is 3.61. The summed E-state index contributed by atoms with van der Waals surface area (Å²) in [7, 11) is 2.23. The Morgan fingerprint density at radius 3 is 2.50 bits per heavy atom. The summed E-state index contributed by atoms with van der Waals surface area (Å²) in [5, 5.41) is 0. The van der Waals surface area contributed by atoms with Crippen LogP contribution in [-0.2, 0) is 4.74 Å². The highest BCUT2D eigenvalue weighted by atomic mass is 16.5. The minimum Gasteiger partial charge on any atom is -0.360 e. The molecule has 2 rings (SSSR count). The lowest BCUT2D eigenvalue weighted by molar-refractivity contribution is -0.217. The fraction of sp³-hybridized carbons (Fsp3) is 1.00. The van der Waals surface area contributed by atoms with E-state index in [0.717, 1.165) is 12.5 Å². The third kappa shape index (κ3) is 1.24. The van der Waals surface area contributed by atoms with E-state index in [1.54, 1.807) is 0 Å². The molecule has 0 radical (unpaired) electrons. The van der Waals surface area contributed by atoms with Crippen LogP contribution in [0.5, 0.6) is 0 Å². The van der Waals surface area contributed by atoms with Gasteiger partial charge in [-0.1, -0.05) is 20.8 Å². The zero-order valence-electron chi connectivity index (χ0n) is 9.92. The second-order valence-corrected chi connectivity index (χ2v) is 5.28. The van der Waals surface area contributed by atoms with E-state index in [1.807, 2.05) is 0 Å². The highest BCUT2D eigenvalue weighted by Crippen LogP contribution is 2.49. The van der Waals surface area contributed by atoms with Gasteiger partial charge < -0.3 is 4.74 Å². The highest BCUT2D eigenvalue weighted by molar-refractivity contribution is 4.99. The Labute approximate surface area is 87.6 Å². The van der Waals surface area contributed by atoms with Crippen molar-refractivity contribution >= 4 is 0 Å². The molecule has 0 aromatic heterocycles. The second kappa shape index (κ2) is 3.49. The van der Waals surface area contributed by atoms with Crippen LogP contribution >= 0.6 is 0 Å². The molecule has 0 aromatic rings. The summed E-state index contributed by atoms with van der Waals surface area (Å²) in [6.45, 7) is 9.21. The predicted octanol–water partition coefficient (Wildman–Crippen LogP) is 2.35. The minimum atomic E-state index is 0.0532. The molecule has 0 unspecified atom stereocenters. The molecule has 0 N–H and O–H groups in total. The molecule has 1 spiro atoms. The van der Waals surface area contributed by atoms with Gasteiger partial charge in [0, 0.05) is 12.5 Å². The molecule has 1 saturated heterocycles. The Kier molecular flexibility index (Phi) is 2.61. The van der Waals surface area contributed by atoms with Crippen molar-refractivity contribution in [1.29, 1.82) is 0 Å². The number of nitrogens with zero attached hydrogens (tertiary/aromatic N) is 1. The van der Waals surface area contributed by atoms with Gasteiger partial charge in [0.1, 0.15) is 5.72 Å². The number of rotatable bonds is 0. The lowest BCUT2D eigenvalue weighted by atomic mass is 9.90. The Balaban J connectivity index is 2.27. The number of ether oxygens (including phenoxy) is 1. The van der Waals surface area contributed by atoms with Crippen LogP contribution in [0.2, 0.25) is 0 Å². The van der Waals surface area contributed by atoms with Gasteiger partial charge in [-0.05, 0) is 31.7 Å². The second-order valence-electron chi connectivity index (χ2n) is 5.28. The molecular weight excluding hydrogens is 174 g/mol. The molecule has 1 saturated carbocycles. The first-order valence-corrected chi connectivity index (χ1v) is 5.94. The van der Waals surface area contributed by atoms with Gasteiger partial charge in [0.15, 0.2) is 0 Å². The van der Waals surface area contributed by atoms with E-state index in [0.29, 0.717) is 11.8 Å². The summed E-state index contributed by atoms with van der Waals surface area (Å²) in [4.78, 5) is 2.45. The van der Waals surface area contributed by atoms with Gasteiger partial charge >= 0.3 is 0 Å².